The van der Waals surface area contributed by atoms with Gasteiger partial charge < -0.3 is 0 Å². The normalized spacial score (nSPS) is 46.3. The number of carbonyl (C=O) groups excluding carboxylic acids is 1. The molecule has 4 fully saturated rings. The molecule has 172 valence electrons. The number of hydrogen-bond acceptors (Lipinski definition) is 1. The Bertz CT molecular complexity index is 657. The molecule has 0 aliphatic heterocycles. The van der Waals surface area contributed by atoms with Crippen LogP contribution in [0.5, 0.6) is 0 Å². The monoisotopic (exact) mass is 542 g/mol. The van der Waals surface area contributed by atoms with E-state index >= 15 is 0 Å². The first kappa shape index (κ1) is 23.8. The molecule has 4 saturated carbocycles. The fourth-order valence-electron chi connectivity index (χ4n) is 9.12. The van der Waals surface area contributed by atoms with Gasteiger partial charge >= 0.3 is 0 Å². The van der Waals surface area contributed by atoms with E-state index in [1.807, 2.05) is 0 Å². The molecule has 0 heterocycles. The molecular formula is C27H44Br2O. The van der Waals surface area contributed by atoms with Crippen molar-refractivity contribution in [3.8, 4) is 0 Å². The summed E-state index contributed by atoms with van der Waals surface area (Å²) in [6.45, 7) is 12.5. The highest BCUT2D eigenvalue weighted by molar-refractivity contribution is 9.25. The molecule has 0 amide bonds. The fourth-order valence-corrected chi connectivity index (χ4v) is 10.7. The Hall–Kier alpha value is 0.630. The number of alkyl halides is 2. The third-order valence-corrected chi connectivity index (χ3v) is 12.2. The fraction of sp³-hybridized carbons (Fsp3) is 0.963. The average Bonchev–Trinajstić information content (AvgIpc) is 2.99. The lowest BCUT2D eigenvalue weighted by atomic mass is 9.44. The van der Waals surface area contributed by atoms with E-state index in [4.69, 9.17) is 0 Å². The highest BCUT2D eigenvalue weighted by atomic mass is 79.9. The smallest absolute Gasteiger partial charge is 0.160 e. The van der Waals surface area contributed by atoms with Gasteiger partial charge in [0, 0.05) is 6.42 Å². The maximum Gasteiger partial charge on any atom is 0.160 e. The highest BCUT2D eigenvalue weighted by Crippen LogP contribution is 2.69. The third-order valence-electron chi connectivity index (χ3n) is 10.7. The molecule has 4 rings (SSSR count). The zero-order chi connectivity index (χ0) is 21.9. The van der Waals surface area contributed by atoms with Crippen LogP contribution in [0.15, 0.2) is 0 Å². The van der Waals surface area contributed by atoms with Gasteiger partial charge in [0.25, 0.3) is 0 Å². The molecule has 0 aromatic rings. The van der Waals surface area contributed by atoms with Gasteiger partial charge in [0.15, 0.2) is 5.78 Å². The van der Waals surface area contributed by atoms with Crippen LogP contribution < -0.4 is 0 Å². The summed E-state index contributed by atoms with van der Waals surface area (Å²) in [5.41, 5.74) is 0.873. The van der Waals surface area contributed by atoms with Crippen molar-refractivity contribution < 1.29 is 4.79 Å². The van der Waals surface area contributed by atoms with Crippen LogP contribution in [0.1, 0.15) is 105 Å². The van der Waals surface area contributed by atoms with E-state index < -0.39 is 3.23 Å². The minimum Gasteiger partial charge on any atom is -0.297 e. The summed E-state index contributed by atoms with van der Waals surface area (Å²) in [6, 6.07) is 0. The summed E-state index contributed by atoms with van der Waals surface area (Å²) in [5.74, 6) is 6.26. The first-order valence-electron chi connectivity index (χ1n) is 12.9. The van der Waals surface area contributed by atoms with Crippen molar-refractivity contribution in [1.82, 2.24) is 0 Å². The summed E-state index contributed by atoms with van der Waals surface area (Å²) in [7, 11) is 0. The Labute approximate surface area is 202 Å². The van der Waals surface area contributed by atoms with Gasteiger partial charge in [-0.15, -0.1) is 0 Å². The van der Waals surface area contributed by atoms with Gasteiger partial charge in [-0.2, -0.15) is 0 Å². The topological polar surface area (TPSA) is 17.1 Å². The largest absolute Gasteiger partial charge is 0.297 e. The second kappa shape index (κ2) is 8.44. The Balaban J connectivity index is 1.50. The van der Waals surface area contributed by atoms with Crippen LogP contribution in [0, 0.1) is 52.3 Å². The van der Waals surface area contributed by atoms with Crippen molar-refractivity contribution >= 4 is 37.6 Å². The lowest BCUT2D eigenvalue weighted by Gasteiger charge is -2.61. The number of fused-ring (bicyclic) bond motifs is 5. The lowest BCUT2D eigenvalue weighted by molar-refractivity contribution is -0.140. The molecule has 0 aromatic carbocycles. The summed E-state index contributed by atoms with van der Waals surface area (Å²) in [6.07, 6.45) is 14.4. The maximum absolute atomic E-state index is 12.7. The molecule has 4 aliphatic rings. The van der Waals surface area contributed by atoms with Crippen LogP contribution in [0.2, 0.25) is 0 Å². The van der Waals surface area contributed by atoms with Gasteiger partial charge in [-0.05, 0) is 97.2 Å². The van der Waals surface area contributed by atoms with E-state index in [-0.39, 0.29) is 0 Å². The summed E-state index contributed by atoms with van der Waals surface area (Å²) < 4.78 is -0.475. The van der Waals surface area contributed by atoms with Crippen molar-refractivity contribution in [3.05, 3.63) is 0 Å². The maximum atomic E-state index is 12.7. The molecule has 0 unspecified atom stereocenters. The SMILES string of the molecule is CC(C)CCC[C@@H](C)[C@@H]1CC[C@@H]2[C@@H]3CC[C@H]4CC(=O)C(Br)(Br)C[C@]4(C)[C@H]3CC[C@]21C. The van der Waals surface area contributed by atoms with Crippen molar-refractivity contribution in [2.24, 2.45) is 52.3 Å². The number of rotatable bonds is 5. The Morgan fingerprint density at radius 3 is 2.33 bits per heavy atom. The van der Waals surface area contributed by atoms with Gasteiger partial charge in [0.2, 0.25) is 0 Å². The van der Waals surface area contributed by atoms with Crippen LogP contribution in [-0.4, -0.2) is 9.02 Å². The van der Waals surface area contributed by atoms with Crippen molar-refractivity contribution in [2.45, 2.75) is 108 Å². The zero-order valence-electron chi connectivity index (χ0n) is 20.0. The van der Waals surface area contributed by atoms with Crippen LogP contribution >= 0.6 is 31.9 Å². The van der Waals surface area contributed by atoms with Gasteiger partial charge in [0.05, 0.1) is 0 Å². The van der Waals surface area contributed by atoms with Gasteiger partial charge in [-0.25, -0.2) is 0 Å². The van der Waals surface area contributed by atoms with E-state index in [1.165, 1.54) is 57.8 Å². The molecule has 1 nitrogen and oxygen atoms in total. The summed E-state index contributed by atoms with van der Waals surface area (Å²) >= 11 is 7.54. The molecule has 3 heteroatoms. The number of Topliss-reactive ketones (excluding diaryl/α,β-unsaturated/α-hetero) is 1. The van der Waals surface area contributed by atoms with E-state index in [2.05, 4.69) is 66.5 Å². The van der Waals surface area contributed by atoms with Crippen molar-refractivity contribution in [3.63, 3.8) is 0 Å². The quantitative estimate of drug-likeness (QED) is 0.316. The predicted molar refractivity (Wildman–Crippen MR) is 134 cm³/mol. The molecule has 0 aromatic heterocycles. The van der Waals surface area contributed by atoms with Crippen molar-refractivity contribution in [2.75, 3.05) is 0 Å². The second-order valence-electron chi connectivity index (χ2n) is 12.7. The number of hydrogen-bond donors (Lipinski definition) is 0. The molecular weight excluding hydrogens is 500 g/mol. The van der Waals surface area contributed by atoms with E-state index in [0.29, 0.717) is 22.5 Å². The average molecular weight is 544 g/mol. The van der Waals surface area contributed by atoms with Gasteiger partial charge in [0.1, 0.15) is 3.23 Å². The number of ketones is 1. The third kappa shape index (κ3) is 3.92. The minimum absolute atomic E-state index is 0.312. The predicted octanol–water partition coefficient (Wildman–Crippen LogP) is 8.77. The summed E-state index contributed by atoms with van der Waals surface area (Å²) in [5, 5.41) is 0. The molecule has 8 atom stereocenters. The zero-order valence-corrected chi connectivity index (χ0v) is 23.2. The van der Waals surface area contributed by atoms with E-state index in [9.17, 15) is 4.79 Å². The molecule has 30 heavy (non-hydrogen) atoms. The van der Waals surface area contributed by atoms with Gasteiger partial charge in [-0.3, -0.25) is 4.79 Å². The minimum atomic E-state index is -0.475. The van der Waals surface area contributed by atoms with Crippen molar-refractivity contribution in [1.29, 1.82) is 0 Å². The standard InChI is InChI=1S/C27H44Br2O/c1-17(2)7-6-8-18(3)21-11-12-22-20-10-9-19-15-24(30)27(28,29)16-26(19,5)23(20)13-14-25(21,22)4/h17-23H,6-16H2,1-5H3/t18-,19+,20+,21+,22-,23+,25+,26+/m1/s1. The molecule has 0 radical (unpaired) electrons. The van der Waals surface area contributed by atoms with Gasteiger partial charge in [-0.1, -0.05) is 85.7 Å². The van der Waals surface area contributed by atoms with Crippen LogP contribution in [-0.2, 0) is 4.79 Å². The van der Waals surface area contributed by atoms with Crippen LogP contribution in [0.25, 0.3) is 0 Å². The Morgan fingerprint density at radius 2 is 1.63 bits per heavy atom. The second-order valence-corrected chi connectivity index (χ2v) is 16.5. The molecule has 0 N–H and O–H groups in total. The molecule has 0 bridgehead atoms. The lowest BCUT2D eigenvalue weighted by Crippen LogP contribution is -2.57. The van der Waals surface area contributed by atoms with Crippen LogP contribution in [0.4, 0.5) is 0 Å². The first-order valence-corrected chi connectivity index (χ1v) is 14.5. The van der Waals surface area contributed by atoms with E-state index in [1.54, 1.807) is 0 Å². The molecule has 4 aliphatic carbocycles. The first-order chi connectivity index (χ1) is 14.0. The molecule has 0 saturated heterocycles. The summed E-state index contributed by atoms with van der Waals surface area (Å²) in [4.78, 5) is 12.7. The van der Waals surface area contributed by atoms with Crippen LogP contribution in [0.3, 0.4) is 0 Å². The Morgan fingerprint density at radius 1 is 0.933 bits per heavy atom. The van der Waals surface area contributed by atoms with E-state index in [0.717, 1.165) is 48.3 Å². The highest BCUT2D eigenvalue weighted by Gasteiger charge is 2.63. The molecule has 0 spiro atoms. The number of halogens is 2. The Kier molecular flexibility index (Phi) is 6.69. The number of carbonyl (C=O) groups is 1.